The molecule has 0 atom stereocenters. The van der Waals surface area contributed by atoms with Gasteiger partial charge < -0.3 is 4.98 Å². The Hall–Kier alpha value is -2.66. The second-order valence-corrected chi connectivity index (χ2v) is 6.02. The smallest absolute Gasteiger partial charge is 0.136 e. The van der Waals surface area contributed by atoms with Crippen LogP contribution in [0.1, 0.15) is 30.5 Å². The molecule has 5 nitrogen and oxygen atoms in total. The number of rotatable bonds is 4. The van der Waals surface area contributed by atoms with E-state index in [0.29, 0.717) is 0 Å². The molecule has 1 aliphatic heterocycles. The predicted octanol–water partition coefficient (Wildman–Crippen LogP) is 3.73. The molecule has 0 radical (unpaired) electrons. The van der Waals surface area contributed by atoms with Gasteiger partial charge in [0.25, 0.3) is 0 Å². The van der Waals surface area contributed by atoms with Gasteiger partial charge in [-0.2, -0.15) is 0 Å². The Morgan fingerprint density at radius 1 is 1.08 bits per heavy atom. The number of benzene rings is 1. The third-order valence-corrected chi connectivity index (χ3v) is 4.29. The van der Waals surface area contributed by atoms with Gasteiger partial charge >= 0.3 is 0 Å². The summed E-state index contributed by atoms with van der Waals surface area (Å²) in [5.74, 6) is 0. The molecule has 5 heteroatoms. The van der Waals surface area contributed by atoms with Gasteiger partial charge in [0.05, 0.1) is 17.4 Å². The summed E-state index contributed by atoms with van der Waals surface area (Å²) in [6, 6.07) is 14.2. The maximum atomic E-state index is 5.74. The molecule has 0 spiro atoms. The van der Waals surface area contributed by atoms with Gasteiger partial charge in [-0.25, -0.2) is 0 Å². The Balaban J connectivity index is 1.69. The molecular formula is C19H20N4O. The molecule has 0 unspecified atom stereocenters. The van der Waals surface area contributed by atoms with Crippen molar-refractivity contribution in [3.8, 4) is 0 Å². The lowest BCUT2D eigenvalue weighted by Crippen LogP contribution is -2.28. The molecule has 122 valence electrons. The van der Waals surface area contributed by atoms with Crippen molar-refractivity contribution in [3.05, 3.63) is 66.1 Å². The zero-order valence-corrected chi connectivity index (χ0v) is 13.5. The zero-order chi connectivity index (χ0) is 16.2. The summed E-state index contributed by atoms with van der Waals surface area (Å²) in [4.78, 5) is 13.3. The molecule has 0 saturated carbocycles. The highest BCUT2D eigenvalue weighted by atomic mass is 16.8. The molecule has 3 heterocycles. The van der Waals surface area contributed by atoms with E-state index in [-0.39, 0.29) is 0 Å². The van der Waals surface area contributed by atoms with Crippen molar-refractivity contribution >= 4 is 16.6 Å². The number of aromatic nitrogens is 2. The fourth-order valence-electron chi connectivity index (χ4n) is 3.00. The minimum atomic E-state index is 0.803. The number of piperidine rings is 1. The lowest BCUT2D eigenvalue weighted by Gasteiger charge is -2.22. The van der Waals surface area contributed by atoms with Gasteiger partial charge in [-0.05, 0) is 25.0 Å². The number of hydrogen-bond donors (Lipinski definition) is 1. The number of pyridine rings is 1. The third kappa shape index (κ3) is 3.16. The number of hydroxylamine groups is 2. The highest BCUT2D eigenvalue weighted by Gasteiger charge is 2.14. The normalized spacial score (nSPS) is 16.4. The first-order chi connectivity index (χ1) is 11.9. The highest BCUT2D eigenvalue weighted by molar-refractivity contribution is 6.13. The lowest BCUT2D eigenvalue weighted by molar-refractivity contribution is -0.168. The Bertz CT molecular complexity index is 802. The zero-order valence-electron chi connectivity index (χ0n) is 13.5. The number of nitrogens with one attached hydrogen (secondary N) is 1. The van der Waals surface area contributed by atoms with Gasteiger partial charge in [0, 0.05) is 30.2 Å². The van der Waals surface area contributed by atoms with Crippen LogP contribution in [0.3, 0.4) is 0 Å². The van der Waals surface area contributed by atoms with Crippen LogP contribution >= 0.6 is 0 Å². The van der Waals surface area contributed by atoms with E-state index < -0.39 is 0 Å². The van der Waals surface area contributed by atoms with Gasteiger partial charge in [0.1, 0.15) is 5.71 Å². The van der Waals surface area contributed by atoms with Crippen LogP contribution in [0.5, 0.6) is 0 Å². The predicted molar refractivity (Wildman–Crippen MR) is 94.7 cm³/mol. The van der Waals surface area contributed by atoms with Crippen molar-refractivity contribution in [3.63, 3.8) is 0 Å². The van der Waals surface area contributed by atoms with Crippen LogP contribution in [0.15, 0.2) is 60.0 Å². The second kappa shape index (κ2) is 6.84. The molecule has 4 rings (SSSR count). The Kier molecular flexibility index (Phi) is 4.25. The Morgan fingerprint density at radius 3 is 2.71 bits per heavy atom. The van der Waals surface area contributed by atoms with E-state index in [0.717, 1.165) is 53.8 Å². The molecule has 0 aliphatic carbocycles. The number of nitrogens with zero attached hydrogens (tertiary/aromatic N) is 3. The third-order valence-electron chi connectivity index (χ3n) is 4.29. The fourth-order valence-corrected chi connectivity index (χ4v) is 3.00. The average Bonchev–Trinajstić information content (AvgIpc) is 3.07. The van der Waals surface area contributed by atoms with E-state index in [1.54, 1.807) is 6.20 Å². The minimum absolute atomic E-state index is 0.803. The topological polar surface area (TPSA) is 53.5 Å². The maximum absolute atomic E-state index is 5.74. The van der Waals surface area contributed by atoms with Gasteiger partial charge in [0.15, 0.2) is 0 Å². The minimum Gasteiger partial charge on any atom is -0.352 e. The van der Waals surface area contributed by atoms with E-state index in [9.17, 15) is 0 Å². The number of H-pyrrole nitrogens is 1. The summed E-state index contributed by atoms with van der Waals surface area (Å²) < 4.78 is 0. The molecule has 1 N–H and O–H groups in total. The van der Waals surface area contributed by atoms with Crippen LogP contribution in [0, 0.1) is 0 Å². The molecule has 1 fully saturated rings. The first-order valence-corrected chi connectivity index (χ1v) is 8.39. The summed E-state index contributed by atoms with van der Waals surface area (Å²) in [6.45, 7) is 1.87. The quantitative estimate of drug-likeness (QED) is 0.588. The van der Waals surface area contributed by atoms with Crippen molar-refractivity contribution in [2.45, 2.75) is 19.3 Å². The number of aromatic amines is 1. The van der Waals surface area contributed by atoms with E-state index in [4.69, 9.17) is 4.94 Å². The van der Waals surface area contributed by atoms with Gasteiger partial charge in [0.2, 0.25) is 0 Å². The monoisotopic (exact) mass is 320 g/mol. The van der Waals surface area contributed by atoms with Crippen LogP contribution in [0.4, 0.5) is 0 Å². The van der Waals surface area contributed by atoms with Crippen LogP contribution in [-0.2, 0) is 4.94 Å². The van der Waals surface area contributed by atoms with Crippen LogP contribution in [0.25, 0.3) is 10.9 Å². The van der Waals surface area contributed by atoms with Crippen molar-refractivity contribution in [1.29, 1.82) is 0 Å². The van der Waals surface area contributed by atoms with E-state index in [1.807, 2.05) is 47.7 Å². The molecule has 1 aliphatic rings. The van der Waals surface area contributed by atoms with E-state index in [2.05, 4.69) is 21.2 Å². The molecule has 2 aromatic heterocycles. The van der Waals surface area contributed by atoms with Gasteiger partial charge in [-0.3, -0.25) is 9.92 Å². The molecule has 1 saturated heterocycles. The van der Waals surface area contributed by atoms with Crippen molar-refractivity contribution in [2.24, 2.45) is 5.16 Å². The summed E-state index contributed by atoms with van der Waals surface area (Å²) in [5, 5.41) is 7.53. The number of fused-ring (bicyclic) bond motifs is 1. The standard InChI is InChI=1S/C19H20N4O/c1-3-7-15(8-4-1)19(22-24-23-11-5-2-6-12-23)17-13-16-9-10-20-14-18(16)21-17/h1,3-4,7-10,13-14,21H,2,5-6,11-12H2. The lowest BCUT2D eigenvalue weighted by atomic mass is 10.1. The Morgan fingerprint density at radius 2 is 1.92 bits per heavy atom. The van der Waals surface area contributed by atoms with Gasteiger partial charge in [-0.15, -0.1) is 5.06 Å². The SMILES string of the molecule is c1ccc(C(=NON2CCCCC2)c2cc3ccncc3[nH]2)cc1. The number of hydrogen-bond acceptors (Lipinski definition) is 4. The van der Waals surface area contributed by atoms with E-state index in [1.165, 1.54) is 6.42 Å². The fraction of sp³-hybridized carbons (Fsp3) is 0.263. The molecule has 24 heavy (non-hydrogen) atoms. The van der Waals surface area contributed by atoms with Crippen molar-refractivity contribution < 1.29 is 4.94 Å². The first-order valence-electron chi connectivity index (χ1n) is 8.39. The summed E-state index contributed by atoms with van der Waals surface area (Å²) in [6.07, 6.45) is 7.21. The van der Waals surface area contributed by atoms with Crippen molar-refractivity contribution in [1.82, 2.24) is 15.0 Å². The van der Waals surface area contributed by atoms with Crippen LogP contribution in [0.2, 0.25) is 0 Å². The van der Waals surface area contributed by atoms with Crippen LogP contribution < -0.4 is 0 Å². The second-order valence-electron chi connectivity index (χ2n) is 6.02. The van der Waals surface area contributed by atoms with Crippen LogP contribution in [-0.4, -0.2) is 33.8 Å². The average molecular weight is 320 g/mol. The van der Waals surface area contributed by atoms with Gasteiger partial charge in [-0.1, -0.05) is 41.9 Å². The van der Waals surface area contributed by atoms with E-state index >= 15 is 0 Å². The Labute approximate surface area is 140 Å². The molecule has 3 aromatic rings. The highest BCUT2D eigenvalue weighted by Crippen LogP contribution is 2.18. The van der Waals surface area contributed by atoms with Crippen molar-refractivity contribution in [2.75, 3.05) is 13.1 Å². The molecular weight excluding hydrogens is 300 g/mol. The largest absolute Gasteiger partial charge is 0.352 e. The molecule has 1 aromatic carbocycles. The first kappa shape index (κ1) is 14.9. The maximum Gasteiger partial charge on any atom is 0.136 e. The molecule has 0 amide bonds. The summed E-state index contributed by atoms with van der Waals surface area (Å²) in [5.41, 5.74) is 3.75. The summed E-state index contributed by atoms with van der Waals surface area (Å²) >= 11 is 0. The summed E-state index contributed by atoms with van der Waals surface area (Å²) in [7, 11) is 0. The molecule has 0 bridgehead atoms. The number of oxime groups is 1.